The van der Waals surface area contributed by atoms with Crippen LogP contribution in [-0.4, -0.2) is 22.4 Å². The summed E-state index contributed by atoms with van der Waals surface area (Å²) in [6, 6.07) is 0. The predicted molar refractivity (Wildman–Crippen MR) is 44.3 cm³/mol. The molecule has 0 radical (unpaired) electrons. The maximum Gasteiger partial charge on any atom is 0.294 e. The minimum absolute atomic E-state index is 0.271. The van der Waals surface area contributed by atoms with Crippen LogP contribution in [0.4, 0.5) is 0 Å². The Morgan fingerprint density at radius 3 is 1.43 bits per heavy atom. The van der Waals surface area contributed by atoms with E-state index in [2.05, 4.69) is 9.68 Å². The van der Waals surface area contributed by atoms with Gasteiger partial charge in [0.2, 0.25) is 0 Å². The topological polar surface area (TPSA) is 105 Å². The highest BCUT2D eigenvalue weighted by molar-refractivity contribution is 4.64. The van der Waals surface area contributed by atoms with Crippen LogP contribution in [0.15, 0.2) is 0 Å². The summed E-state index contributed by atoms with van der Waals surface area (Å²) in [5.74, 6) is 0. The zero-order chi connectivity index (χ0) is 11.1. The van der Waals surface area contributed by atoms with Crippen molar-refractivity contribution in [1.82, 2.24) is 0 Å². The fourth-order valence-electron chi connectivity index (χ4n) is 1.03. The van der Waals surface area contributed by atoms with Gasteiger partial charge in [-0.1, -0.05) is 13.8 Å². The summed E-state index contributed by atoms with van der Waals surface area (Å²) in [7, 11) is 0. The van der Waals surface area contributed by atoms with Crippen molar-refractivity contribution >= 4 is 0 Å². The Kier molecular flexibility index (Phi) is 5.27. The van der Waals surface area contributed by atoms with Crippen LogP contribution in [0.5, 0.6) is 0 Å². The van der Waals surface area contributed by atoms with Gasteiger partial charge in [0.1, 0.15) is 12.2 Å². The molecule has 0 aliphatic carbocycles. The lowest BCUT2D eigenvalue weighted by Gasteiger charge is -2.20. The van der Waals surface area contributed by atoms with Crippen LogP contribution in [0.1, 0.15) is 26.7 Å². The van der Waals surface area contributed by atoms with Crippen LogP contribution in [0.3, 0.4) is 0 Å². The van der Waals surface area contributed by atoms with E-state index >= 15 is 0 Å². The van der Waals surface area contributed by atoms with Gasteiger partial charge in [0.15, 0.2) is 0 Å². The van der Waals surface area contributed by atoms with Crippen molar-refractivity contribution in [1.29, 1.82) is 0 Å². The smallest absolute Gasteiger partial charge is 0.294 e. The summed E-state index contributed by atoms with van der Waals surface area (Å²) in [5, 5.41) is 18.1. The van der Waals surface area contributed by atoms with Crippen molar-refractivity contribution in [3.05, 3.63) is 20.2 Å². The Hall–Kier alpha value is -1.60. The zero-order valence-corrected chi connectivity index (χ0v) is 7.91. The molecule has 2 atom stereocenters. The van der Waals surface area contributed by atoms with Gasteiger partial charge in [-0.25, -0.2) is 0 Å². The van der Waals surface area contributed by atoms with E-state index in [0.717, 1.165) is 0 Å². The number of nitrogens with zero attached hydrogens (tertiary/aromatic N) is 2. The molecule has 0 spiro atoms. The van der Waals surface area contributed by atoms with Crippen LogP contribution in [0, 0.1) is 20.2 Å². The average molecular weight is 208 g/mol. The molecule has 8 heteroatoms. The van der Waals surface area contributed by atoms with E-state index in [1.54, 1.807) is 13.8 Å². The van der Waals surface area contributed by atoms with E-state index in [9.17, 15) is 20.2 Å². The van der Waals surface area contributed by atoms with Gasteiger partial charge < -0.3 is 9.68 Å². The lowest BCUT2D eigenvalue weighted by Crippen LogP contribution is -2.34. The summed E-state index contributed by atoms with van der Waals surface area (Å²) in [6.07, 6.45) is -1.26. The van der Waals surface area contributed by atoms with Crippen molar-refractivity contribution in [2.24, 2.45) is 0 Å². The summed E-state index contributed by atoms with van der Waals surface area (Å²) in [6.45, 7) is 3.25. The molecule has 82 valence electrons. The molecule has 0 saturated heterocycles. The summed E-state index contributed by atoms with van der Waals surface area (Å²) in [5.41, 5.74) is 0. The Labute approximate surface area is 80.0 Å². The predicted octanol–water partition coefficient (Wildman–Crippen LogP) is 0.960. The van der Waals surface area contributed by atoms with Crippen LogP contribution in [-0.2, 0) is 9.68 Å². The minimum atomic E-state index is -0.972. The Morgan fingerprint density at radius 1 is 1.00 bits per heavy atom. The largest absolute Gasteiger partial charge is 0.308 e. The molecular formula is C6H12N2O6. The molecule has 0 unspecified atom stereocenters. The lowest BCUT2D eigenvalue weighted by molar-refractivity contribution is -0.799. The van der Waals surface area contributed by atoms with Gasteiger partial charge in [-0.2, -0.15) is 0 Å². The van der Waals surface area contributed by atoms with Crippen LogP contribution in [0.2, 0.25) is 0 Å². The van der Waals surface area contributed by atoms with Gasteiger partial charge >= 0.3 is 0 Å². The first kappa shape index (κ1) is 12.4. The molecule has 0 aromatic rings. The highest BCUT2D eigenvalue weighted by Gasteiger charge is 2.25. The second-order valence-corrected chi connectivity index (χ2v) is 2.55. The maximum atomic E-state index is 10.0. The van der Waals surface area contributed by atoms with Gasteiger partial charge in [0, 0.05) is 0 Å². The van der Waals surface area contributed by atoms with E-state index in [1.807, 2.05) is 0 Å². The third-order valence-electron chi connectivity index (χ3n) is 1.66. The lowest BCUT2D eigenvalue weighted by atomic mass is 10.1. The second-order valence-electron chi connectivity index (χ2n) is 2.55. The van der Waals surface area contributed by atoms with Crippen molar-refractivity contribution in [3.8, 4) is 0 Å². The molecule has 0 aliphatic heterocycles. The number of rotatable bonds is 7. The van der Waals surface area contributed by atoms with Gasteiger partial charge in [-0.15, -0.1) is 20.2 Å². The molecule has 8 nitrogen and oxygen atoms in total. The summed E-state index contributed by atoms with van der Waals surface area (Å²) >= 11 is 0. The quantitative estimate of drug-likeness (QED) is 0.455. The minimum Gasteiger partial charge on any atom is -0.308 e. The van der Waals surface area contributed by atoms with Gasteiger partial charge in [-0.05, 0) is 12.8 Å². The number of hydrogen-bond donors (Lipinski definition) is 0. The Balaban J connectivity index is 4.28. The average Bonchev–Trinajstić information content (AvgIpc) is 2.10. The van der Waals surface area contributed by atoms with Crippen molar-refractivity contribution in [2.45, 2.75) is 38.9 Å². The third-order valence-corrected chi connectivity index (χ3v) is 1.66. The fraction of sp³-hybridized carbons (Fsp3) is 1.00. The molecule has 14 heavy (non-hydrogen) atoms. The second kappa shape index (κ2) is 5.95. The van der Waals surface area contributed by atoms with E-state index in [4.69, 9.17) is 0 Å². The van der Waals surface area contributed by atoms with Crippen LogP contribution < -0.4 is 0 Å². The van der Waals surface area contributed by atoms with Crippen molar-refractivity contribution in [3.63, 3.8) is 0 Å². The van der Waals surface area contributed by atoms with Crippen molar-refractivity contribution < 1.29 is 19.8 Å². The molecule has 0 saturated carbocycles. The third kappa shape index (κ3) is 4.43. The Bertz CT molecular complexity index is 186. The van der Waals surface area contributed by atoms with Crippen LogP contribution in [0.25, 0.3) is 0 Å². The molecule has 0 aromatic carbocycles. The molecule has 0 bridgehead atoms. The highest BCUT2D eigenvalue weighted by Crippen LogP contribution is 2.12. The molecule has 0 heterocycles. The Morgan fingerprint density at radius 2 is 1.29 bits per heavy atom. The zero-order valence-electron chi connectivity index (χ0n) is 7.91. The number of hydrogen-bond acceptors (Lipinski definition) is 6. The van der Waals surface area contributed by atoms with E-state index in [1.165, 1.54) is 0 Å². The molecule has 0 rings (SSSR count). The molecule has 0 aromatic heterocycles. The van der Waals surface area contributed by atoms with Crippen LogP contribution >= 0.6 is 0 Å². The van der Waals surface area contributed by atoms with Crippen molar-refractivity contribution in [2.75, 3.05) is 0 Å². The molecule has 0 amide bonds. The monoisotopic (exact) mass is 208 g/mol. The molecule has 0 fully saturated rings. The normalized spacial score (nSPS) is 14.1. The standard InChI is InChI=1S/C6H12N2O6/c1-3-5(13-7(9)10)6(4-2)14-8(11)12/h5-6H,3-4H2,1-2H3/t5-,6-/m0/s1. The first-order valence-corrected chi connectivity index (χ1v) is 4.13. The maximum absolute atomic E-state index is 10.0. The highest BCUT2D eigenvalue weighted by atomic mass is 17.0. The van der Waals surface area contributed by atoms with Gasteiger partial charge in [0.25, 0.3) is 10.2 Å². The first-order chi connectivity index (χ1) is 6.51. The summed E-state index contributed by atoms with van der Waals surface area (Å²) in [4.78, 5) is 28.6. The van der Waals surface area contributed by atoms with E-state index < -0.39 is 22.4 Å². The van der Waals surface area contributed by atoms with Gasteiger partial charge in [0.05, 0.1) is 0 Å². The summed E-state index contributed by atoms with van der Waals surface area (Å²) < 4.78 is 0. The molecule has 0 N–H and O–H groups in total. The van der Waals surface area contributed by atoms with E-state index in [0.29, 0.717) is 0 Å². The molecular weight excluding hydrogens is 196 g/mol. The first-order valence-electron chi connectivity index (χ1n) is 4.13. The SMILES string of the molecule is CC[C@H](O[N+](=O)[O-])[C@H](CC)O[N+](=O)[O-]. The van der Waals surface area contributed by atoms with Gasteiger partial charge in [-0.3, -0.25) is 0 Å². The molecule has 0 aliphatic rings. The fourth-order valence-corrected chi connectivity index (χ4v) is 1.03. The van der Waals surface area contributed by atoms with E-state index in [-0.39, 0.29) is 12.8 Å².